The van der Waals surface area contributed by atoms with Crippen LogP contribution in [0.3, 0.4) is 0 Å². The van der Waals surface area contributed by atoms with Gasteiger partial charge in [-0.3, -0.25) is 4.90 Å². The van der Waals surface area contributed by atoms with Gasteiger partial charge in [0.2, 0.25) is 0 Å². The van der Waals surface area contributed by atoms with E-state index in [9.17, 15) is 5.11 Å². The number of β-amino-alcohol motifs (C(OH)–C–C–N with tert-alkyl or cyclic N) is 1. The Kier molecular flexibility index (Phi) is 6.70. The van der Waals surface area contributed by atoms with E-state index in [0.717, 1.165) is 40.0 Å². The summed E-state index contributed by atoms with van der Waals surface area (Å²) in [4.78, 5) is 2.24. The lowest BCUT2D eigenvalue weighted by molar-refractivity contribution is -0.0459. The van der Waals surface area contributed by atoms with Crippen LogP contribution in [0.15, 0.2) is 46.9 Å². The number of nitrogens with zero attached hydrogens (tertiary/aromatic N) is 1. The first-order chi connectivity index (χ1) is 12.5. The molecular weight excluding hydrogens is 394 g/mol. The molecule has 2 unspecified atom stereocenters. The van der Waals surface area contributed by atoms with Crippen LogP contribution in [-0.4, -0.2) is 49.0 Å². The zero-order valence-electron chi connectivity index (χ0n) is 15.3. The summed E-state index contributed by atoms with van der Waals surface area (Å²) >= 11 is 3.51. The van der Waals surface area contributed by atoms with Gasteiger partial charge in [-0.15, -0.1) is 0 Å². The number of morpholine rings is 1. The molecule has 2 aromatic carbocycles. The summed E-state index contributed by atoms with van der Waals surface area (Å²) in [6.45, 7) is 7.20. The van der Waals surface area contributed by atoms with Crippen molar-refractivity contribution >= 4 is 15.9 Å². The summed E-state index contributed by atoms with van der Waals surface area (Å²) in [6.07, 6.45) is -0.496. The zero-order valence-corrected chi connectivity index (χ0v) is 16.9. The Hall–Kier alpha value is -1.40. The Bertz CT molecular complexity index is 737. The summed E-state index contributed by atoms with van der Waals surface area (Å²) < 4.78 is 12.8. The zero-order chi connectivity index (χ0) is 18.5. The number of rotatable bonds is 6. The number of aliphatic hydroxyl groups is 1. The lowest BCUT2D eigenvalue weighted by atomic mass is 10.1. The molecule has 0 aromatic heterocycles. The highest BCUT2D eigenvalue weighted by molar-refractivity contribution is 9.10. The predicted octanol–water partition coefficient (Wildman–Crippen LogP) is 3.88. The minimum atomic E-state index is -0.531. The topological polar surface area (TPSA) is 41.9 Å². The summed E-state index contributed by atoms with van der Waals surface area (Å²) in [5.74, 6) is 0.845. The van der Waals surface area contributed by atoms with Crippen LogP contribution in [0.1, 0.15) is 22.8 Å². The second-order valence-corrected chi connectivity index (χ2v) is 7.82. The van der Waals surface area contributed by atoms with Gasteiger partial charge in [-0.25, -0.2) is 0 Å². The normalized spacial score (nSPS) is 19.3. The van der Waals surface area contributed by atoms with E-state index in [-0.39, 0.29) is 6.10 Å². The highest BCUT2D eigenvalue weighted by Crippen LogP contribution is 2.25. The van der Waals surface area contributed by atoms with Crippen LogP contribution in [0.25, 0.3) is 0 Å². The van der Waals surface area contributed by atoms with Gasteiger partial charge >= 0.3 is 0 Å². The van der Waals surface area contributed by atoms with Crippen molar-refractivity contribution < 1.29 is 14.6 Å². The van der Waals surface area contributed by atoms with E-state index >= 15 is 0 Å². The Morgan fingerprint density at radius 1 is 1.27 bits per heavy atom. The molecule has 0 saturated carbocycles. The van der Waals surface area contributed by atoms with Crippen molar-refractivity contribution in [2.24, 2.45) is 0 Å². The second-order valence-electron chi connectivity index (χ2n) is 6.91. The van der Waals surface area contributed by atoms with Gasteiger partial charge in [-0.1, -0.05) is 40.2 Å². The lowest BCUT2D eigenvalue weighted by Gasteiger charge is -2.34. The summed E-state index contributed by atoms with van der Waals surface area (Å²) in [5.41, 5.74) is 3.40. The molecular formula is C21H26BrNO3. The highest BCUT2D eigenvalue weighted by atomic mass is 79.9. The molecule has 1 aliphatic heterocycles. The van der Waals surface area contributed by atoms with Crippen LogP contribution in [0.4, 0.5) is 0 Å². The van der Waals surface area contributed by atoms with E-state index in [4.69, 9.17) is 9.47 Å². The molecule has 1 heterocycles. The minimum Gasteiger partial charge on any atom is -0.491 e. The van der Waals surface area contributed by atoms with Gasteiger partial charge in [-0.2, -0.15) is 0 Å². The monoisotopic (exact) mass is 419 g/mol. The van der Waals surface area contributed by atoms with E-state index in [1.54, 1.807) is 0 Å². The van der Waals surface area contributed by atoms with Crippen LogP contribution in [-0.2, 0) is 4.74 Å². The molecule has 26 heavy (non-hydrogen) atoms. The highest BCUT2D eigenvalue weighted by Gasteiger charge is 2.24. The van der Waals surface area contributed by atoms with Crippen LogP contribution in [0.5, 0.6) is 5.75 Å². The average Bonchev–Trinajstić information content (AvgIpc) is 2.63. The van der Waals surface area contributed by atoms with Crippen LogP contribution < -0.4 is 4.74 Å². The largest absolute Gasteiger partial charge is 0.491 e. The maximum Gasteiger partial charge on any atom is 0.122 e. The third kappa shape index (κ3) is 5.30. The molecule has 1 saturated heterocycles. The van der Waals surface area contributed by atoms with Gasteiger partial charge in [0, 0.05) is 24.1 Å². The van der Waals surface area contributed by atoms with E-state index in [0.29, 0.717) is 19.8 Å². The molecule has 0 amide bonds. The fourth-order valence-corrected chi connectivity index (χ4v) is 3.59. The molecule has 0 bridgehead atoms. The number of benzene rings is 2. The first kappa shape index (κ1) is 19.4. The molecule has 1 aliphatic rings. The van der Waals surface area contributed by atoms with E-state index in [1.165, 1.54) is 0 Å². The van der Waals surface area contributed by atoms with Gasteiger partial charge in [0.05, 0.1) is 12.7 Å². The Morgan fingerprint density at radius 2 is 2.12 bits per heavy atom. The number of hydrogen-bond donors (Lipinski definition) is 1. The number of hydrogen-bond acceptors (Lipinski definition) is 4. The maximum atomic E-state index is 10.4. The Labute approximate surface area is 163 Å². The van der Waals surface area contributed by atoms with Crippen molar-refractivity contribution in [3.63, 3.8) is 0 Å². The van der Waals surface area contributed by atoms with Crippen molar-refractivity contribution in [2.75, 3.05) is 32.8 Å². The molecule has 140 valence electrons. The molecule has 0 spiro atoms. The predicted molar refractivity (Wildman–Crippen MR) is 107 cm³/mol. The van der Waals surface area contributed by atoms with Crippen LogP contribution in [0.2, 0.25) is 0 Å². The second kappa shape index (κ2) is 9.00. The van der Waals surface area contributed by atoms with E-state index < -0.39 is 6.10 Å². The standard InChI is InChI=1S/C21H26BrNO3/c1-15-6-7-16(2)20(10-15)26-14-19(24)12-23-8-9-25-21(13-23)17-4-3-5-18(22)11-17/h3-7,10-11,19,21,24H,8-9,12-14H2,1-2H3. The van der Waals surface area contributed by atoms with Crippen LogP contribution in [0, 0.1) is 13.8 Å². The lowest BCUT2D eigenvalue weighted by Crippen LogP contribution is -2.43. The number of halogens is 1. The molecule has 0 radical (unpaired) electrons. The summed E-state index contributed by atoms with van der Waals surface area (Å²) in [5, 5.41) is 10.4. The van der Waals surface area contributed by atoms with Crippen molar-refractivity contribution in [3.8, 4) is 5.75 Å². The van der Waals surface area contributed by atoms with Crippen molar-refractivity contribution in [2.45, 2.75) is 26.1 Å². The van der Waals surface area contributed by atoms with E-state index in [2.05, 4.69) is 39.0 Å². The quantitative estimate of drug-likeness (QED) is 0.771. The molecule has 1 N–H and O–H groups in total. The third-order valence-electron chi connectivity index (χ3n) is 4.61. The fraction of sp³-hybridized carbons (Fsp3) is 0.429. The smallest absolute Gasteiger partial charge is 0.122 e. The number of ether oxygens (including phenoxy) is 2. The number of aryl methyl sites for hydroxylation is 2. The van der Waals surface area contributed by atoms with Gasteiger partial charge in [0.15, 0.2) is 0 Å². The third-order valence-corrected chi connectivity index (χ3v) is 5.11. The maximum absolute atomic E-state index is 10.4. The van der Waals surface area contributed by atoms with Gasteiger partial charge in [-0.05, 0) is 48.7 Å². The first-order valence-electron chi connectivity index (χ1n) is 8.99. The van der Waals surface area contributed by atoms with Crippen molar-refractivity contribution in [1.29, 1.82) is 0 Å². The van der Waals surface area contributed by atoms with E-state index in [1.807, 2.05) is 38.1 Å². The van der Waals surface area contributed by atoms with Gasteiger partial charge in [0.25, 0.3) is 0 Å². The fourth-order valence-electron chi connectivity index (χ4n) is 3.18. The molecule has 2 aromatic rings. The first-order valence-corrected chi connectivity index (χ1v) is 9.78. The van der Waals surface area contributed by atoms with Gasteiger partial charge < -0.3 is 14.6 Å². The summed E-state index contributed by atoms with van der Waals surface area (Å²) in [6, 6.07) is 14.3. The Balaban J connectivity index is 1.52. The molecule has 0 aliphatic carbocycles. The van der Waals surface area contributed by atoms with Crippen LogP contribution >= 0.6 is 15.9 Å². The molecule has 2 atom stereocenters. The molecule has 4 nitrogen and oxygen atoms in total. The minimum absolute atomic E-state index is 0.0355. The summed E-state index contributed by atoms with van der Waals surface area (Å²) in [7, 11) is 0. The Morgan fingerprint density at radius 3 is 2.92 bits per heavy atom. The van der Waals surface area contributed by atoms with Crippen molar-refractivity contribution in [1.82, 2.24) is 4.90 Å². The van der Waals surface area contributed by atoms with Crippen molar-refractivity contribution in [3.05, 3.63) is 63.6 Å². The number of aliphatic hydroxyl groups excluding tert-OH is 1. The molecule has 3 rings (SSSR count). The average molecular weight is 420 g/mol. The van der Waals surface area contributed by atoms with Gasteiger partial charge in [0.1, 0.15) is 18.5 Å². The molecule has 5 heteroatoms. The molecule has 1 fully saturated rings. The SMILES string of the molecule is Cc1ccc(C)c(OCC(O)CN2CCOC(c3cccc(Br)c3)C2)c1.